The number of carbonyl (C=O) groups is 2. The van der Waals surface area contributed by atoms with Gasteiger partial charge in [-0.3, -0.25) is 9.59 Å². The first-order valence-electron chi connectivity index (χ1n) is 7.61. The van der Waals surface area contributed by atoms with Crippen LogP contribution in [0.4, 0.5) is 5.69 Å². The molecule has 112 valence electrons. The third-order valence-electron chi connectivity index (χ3n) is 4.63. The van der Waals surface area contributed by atoms with E-state index in [4.69, 9.17) is 5.73 Å². The molecule has 5 heteroatoms. The highest BCUT2D eigenvalue weighted by Gasteiger charge is 2.38. The summed E-state index contributed by atoms with van der Waals surface area (Å²) in [7, 11) is 0. The van der Waals surface area contributed by atoms with E-state index in [1.807, 2.05) is 0 Å². The lowest BCUT2D eigenvalue weighted by atomic mass is 9.85. The van der Waals surface area contributed by atoms with Crippen LogP contribution in [-0.4, -0.2) is 23.9 Å². The largest absolute Gasteiger partial charge is 0.366 e. The zero-order valence-electron chi connectivity index (χ0n) is 12.0. The molecule has 2 amide bonds. The van der Waals surface area contributed by atoms with Crippen molar-refractivity contribution >= 4 is 17.5 Å². The van der Waals surface area contributed by atoms with Crippen LogP contribution in [0.1, 0.15) is 42.5 Å². The SMILES string of the molecule is NC(=O)c1ccccc1NC(=O)C1CC2CCCCC2N1. The Morgan fingerprint density at radius 1 is 1.19 bits per heavy atom. The van der Waals surface area contributed by atoms with E-state index in [9.17, 15) is 9.59 Å². The van der Waals surface area contributed by atoms with E-state index < -0.39 is 5.91 Å². The number of carbonyl (C=O) groups excluding carboxylic acids is 2. The van der Waals surface area contributed by atoms with Gasteiger partial charge in [0.2, 0.25) is 5.91 Å². The highest BCUT2D eigenvalue weighted by Crippen LogP contribution is 2.33. The summed E-state index contributed by atoms with van der Waals surface area (Å²) in [4.78, 5) is 23.8. The van der Waals surface area contributed by atoms with Gasteiger partial charge in [-0.25, -0.2) is 0 Å². The second-order valence-electron chi connectivity index (χ2n) is 6.01. The lowest BCUT2D eigenvalue weighted by Crippen LogP contribution is -2.40. The molecule has 2 fully saturated rings. The first-order valence-corrected chi connectivity index (χ1v) is 7.61. The molecular weight excluding hydrogens is 266 g/mol. The van der Waals surface area contributed by atoms with Gasteiger partial charge in [-0.1, -0.05) is 25.0 Å². The molecule has 1 saturated heterocycles. The molecule has 1 aromatic rings. The number of fused-ring (bicyclic) bond motifs is 1. The minimum Gasteiger partial charge on any atom is -0.366 e. The third-order valence-corrected chi connectivity index (χ3v) is 4.63. The standard InChI is InChI=1S/C16H21N3O2/c17-15(20)11-6-2-4-8-13(11)19-16(21)14-9-10-5-1-3-7-12(10)18-14/h2,4,6,8,10,12,14,18H,1,3,5,7,9H2,(H2,17,20)(H,19,21). The summed E-state index contributed by atoms with van der Waals surface area (Å²) in [6, 6.07) is 7.15. The zero-order valence-corrected chi connectivity index (χ0v) is 12.0. The van der Waals surface area contributed by atoms with E-state index in [1.54, 1.807) is 24.3 Å². The highest BCUT2D eigenvalue weighted by atomic mass is 16.2. The molecule has 5 nitrogen and oxygen atoms in total. The van der Waals surface area contributed by atoms with Crippen LogP contribution in [0, 0.1) is 5.92 Å². The molecule has 3 rings (SSSR count). The van der Waals surface area contributed by atoms with Crippen LogP contribution < -0.4 is 16.4 Å². The quantitative estimate of drug-likeness (QED) is 0.790. The number of amides is 2. The normalized spacial score (nSPS) is 27.9. The molecule has 0 spiro atoms. The number of anilines is 1. The Balaban J connectivity index is 1.68. The van der Waals surface area contributed by atoms with Gasteiger partial charge >= 0.3 is 0 Å². The third kappa shape index (κ3) is 2.93. The van der Waals surface area contributed by atoms with Crippen molar-refractivity contribution in [2.45, 2.75) is 44.2 Å². The molecule has 0 radical (unpaired) electrons. The zero-order chi connectivity index (χ0) is 14.8. The number of hydrogen-bond acceptors (Lipinski definition) is 3. The van der Waals surface area contributed by atoms with Gasteiger partial charge in [0, 0.05) is 6.04 Å². The van der Waals surface area contributed by atoms with Crippen molar-refractivity contribution in [1.29, 1.82) is 0 Å². The van der Waals surface area contributed by atoms with Gasteiger partial charge in [-0.15, -0.1) is 0 Å². The number of nitrogens with two attached hydrogens (primary N) is 1. The van der Waals surface area contributed by atoms with E-state index in [0.29, 0.717) is 23.2 Å². The topological polar surface area (TPSA) is 84.2 Å². The average Bonchev–Trinajstić information content (AvgIpc) is 2.91. The van der Waals surface area contributed by atoms with Crippen molar-refractivity contribution in [2.24, 2.45) is 11.7 Å². The van der Waals surface area contributed by atoms with Crippen molar-refractivity contribution in [3.05, 3.63) is 29.8 Å². The summed E-state index contributed by atoms with van der Waals surface area (Å²) in [6.45, 7) is 0. The summed E-state index contributed by atoms with van der Waals surface area (Å²) in [5, 5.41) is 6.27. The lowest BCUT2D eigenvalue weighted by molar-refractivity contribution is -0.117. The van der Waals surface area contributed by atoms with Gasteiger partial charge in [0.05, 0.1) is 17.3 Å². The second kappa shape index (κ2) is 5.85. The maximum absolute atomic E-state index is 12.4. The van der Waals surface area contributed by atoms with Crippen molar-refractivity contribution in [2.75, 3.05) is 5.32 Å². The first kappa shape index (κ1) is 14.1. The Morgan fingerprint density at radius 3 is 2.71 bits per heavy atom. The van der Waals surface area contributed by atoms with Crippen molar-refractivity contribution in [3.8, 4) is 0 Å². The van der Waals surface area contributed by atoms with Crippen LogP contribution in [0.25, 0.3) is 0 Å². The van der Waals surface area contributed by atoms with Crippen molar-refractivity contribution in [3.63, 3.8) is 0 Å². The van der Waals surface area contributed by atoms with Gasteiger partial charge < -0.3 is 16.4 Å². The molecule has 1 aromatic carbocycles. The Labute approximate surface area is 124 Å². The van der Waals surface area contributed by atoms with Crippen molar-refractivity contribution < 1.29 is 9.59 Å². The summed E-state index contributed by atoms with van der Waals surface area (Å²) < 4.78 is 0. The van der Waals surface area contributed by atoms with Crippen LogP contribution >= 0.6 is 0 Å². The number of rotatable bonds is 3. The number of para-hydroxylation sites is 1. The van der Waals surface area contributed by atoms with Gasteiger partial charge in [0.25, 0.3) is 5.91 Å². The average molecular weight is 287 g/mol. The summed E-state index contributed by atoms with van der Waals surface area (Å²) >= 11 is 0. The second-order valence-corrected chi connectivity index (χ2v) is 6.01. The maximum Gasteiger partial charge on any atom is 0.250 e. The van der Waals surface area contributed by atoms with Gasteiger partial charge in [0.15, 0.2) is 0 Å². The van der Waals surface area contributed by atoms with E-state index in [1.165, 1.54) is 19.3 Å². The maximum atomic E-state index is 12.4. The molecule has 2 aliphatic rings. The predicted octanol–water partition coefficient (Wildman–Crippen LogP) is 1.64. The molecule has 21 heavy (non-hydrogen) atoms. The molecule has 3 unspecified atom stereocenters. The van der Waals surface area contributed by atoms with E-state index >= 15 is 0 Å². The molecule has 0 bridgehead atoms. The summed E-state index contributed by atoms with van der Waals surface area (Å²) in [6.07, 6.45) is 5.76. The Morgan fingerprint density at radius 2 is 1.95 bits per heavy atom. The fourth-order valence-electron chi connectivity index (χ4n) is 3.55. The molecule has 1 aliphatic heterocycles. The van der Waals surface area contributed by atoms with Crippen LogP contribution in [0.5, 0.6) is 0 Å². The monoisotopic (exact) mass is 287 g/mol. The number of nitrogens with one attached hydrogen (secondary N) is 2. The number of primary amides is 1. The first-order chi connectivity index (χ1) is 10.1. The minimum atomic E-state index is -0.529. The molecule has 1 heterocycles. The highest BCUT2D eigenvalue weighted by molar-refractivity contribution is 6.04. The Kier molecular flexibility index (Phi) is 3.92. The molecule has 0 aromatic heterocycles. The summed E-state index contributed by atoms with van der Waals surface area (Å²) in [5.41, 5.74) is 6.17. The fraction of sp³-hybridized carbons (Fsp3) is 0.500. The van der Waals surface area contributed by atoms with E-state index in [2.05, 4.69) is 10.6 Å². The van der Waals surface area contributed by atoms with Crippen LogP contribution in [0.3, 0.4) is 0 Å². The smallest absolute Gasteiger partial charge is 0.250 e. The van der Waals surface area contributed by atoms with Gasteiger partial charge in [0.1, 0.15) is 0 Å². The molecule has 1 aliphatic carbocycles. The Hall–Kier alpha value is -1.88. The summed E-state index contributed by atoms with van der Waals surface area (Å²) in [5.74, 6) is 0.0120. The van der Waals surface area contributed by atoms with E-state index in [0.717, 1.165) is 12.8 Å². The molecule has 3 atom stereocenters. The van der Waals surface area contributed by atoms with Crippen molar-refractivity contribution in [1.82, 2.24) is 5.32 Å². The molecule has 4 N–H and O–H groups in total. The predicted molar refractivity (Wildman–Crippen MR) is 80.9 cm³/mol. The van der Waals surface area contributed by atoms with Crippen LogP contribution in [0.2, 0.25) is 0 Å². The number of hydrogen-bond donors (Lipinski definition) is 3. The van der Waals surface area contributed by atoms with Crippen LogP contribution in [-0.2, 0) is 4.79 Å². The molecular formula is C16H21N3O2. The minimum absolute atomic E-state index is 0.0712. The fourth-order valence-corrected chi connectivity index (χ4v) is 3.55. The van der Waals surface area contributed by atoms with Crippen LogP contribution in [0.15, 0.2) is 24.3 Å². The van der Waals surface area contributed by atoms with Gasteiger partial charge in [-0.05, 0) is 37.3 Å². The Bertz CT molecular complexity index is 544. The van der Waals surface area contributed by atoms with Gasteiger partial charge in [-0.2, -0.15) is 0 Å². The van der Waals surface area contributed by atoms with E-state index in [-0.39, 0.29) is 11.9 Å². The lowest BCUT2D eigenvalue weighted by Gasteiger charge is -2.24. The molecule has 1 saturated carbocycles. The number of benzene rings is 1.